The molecule has 100 valence electrons. The van der Waals surface area contributed by atoms with Crippen molar-refractivity contribution >= 4 is 5.91 Å². The van der Waals surface area contributed by atoms with Gasteiger partial charge in [-0.2, -0.15) is 0 Å². The molecule has 4 nitrogen and oxygen atoms in total. The second-order valence-corrected chi connectivity index (χ2v) is 4.67. The number of benzene rings is 1. The Bertz CT molecular complexity index is 416. The minimum atomic E-state index is -0.195. The standard InChI is InChI=1S/C14H21NO3/c1-10(2)18-8-7-15(4)14(17)12-6-5-11(3)9-13(12)16/h5-6,9-10,16H,7-8H2,1-4H3. The van der Waals surface area contributed by atoms with E-state index in [4.69, 9.17) is 4.74 Å². The van der Waals surface area contributed by atoms with Crippen LogP contribution in [0, 0.1) is 6.92 Å². The molecule has 4 heteroatoms. The summed E-state index contributed by atoms with van der Waals surface area (Å²) in [6.07, 6.45) is 0.154. The van der Waals surface area contributed by atoms with Crippen molar-refractivity contribution in [1.82, 2.24) is 4.90 Å². The second kappa shape index (κ2) is 6.40. The summed E-state index contributed by atoms with van der Waals surface area (Å²) in [6, 6.07) is 5.05. The first kappa shape index (κ1) is 14.5. The Morgan fingerprint density at radius 3 is 2.67 bits per heavy atom. The second-order valence-electron chi connectivity index (χ2n) is 4.67. The lowest BCUT2D eigenvalue weighted by Gasteiger charge is -2.18. The summed E-state index contributed by atoms with van der Waals surface area (Å²) in [7, 11) is 1.70. The van der Waals surface area contributed by atoms with Crippen LogP contribution in [-0.2, 0) is 4.74 Å². The largest absolute Gasteiger partial charge is 0.507 e. The molecule has 1 aromatic carbocycles. The predicted molar refractivity (Wildman–Crippen MR) is 70.9 cm³/mol. The van der Waals surface area contributed by atoms with Gasteiger partial charge in [0.2, 0.25) is 0 Å². The van der Waals surface area contributed by atoms with Gasteiger partial charge in [-0.05, 0) is 38.5 Å². The van der Waals surface area contributed by atoms with Crippen LogP contribution in [0.15, 0.2) is 18.2 Å². The van der Waals surface area contributed by atoms with Crippen molar-refractivity contribution in [3.63, 3.8) is 0 Å². The smallest absolute Gasteiger partial charge is 0.257 e. The van der Waals surface area contributed by atoms with Crippen LogP contribution < -0.4 is 0 Å². The zero-order valence-electron chi connectivity index (χ0n) is 11.4. The van der Waals surface area contributed by atoms with Crippen LogP contribution in [0.4, 0.5) is 0 Å². The van der Waals surface area contributed by atoms with E-state index in [-0.39, 0.29) is 17.8 Å². The molecule has 0 fully saturated rings. The lowest BCUT2D eigenvalue weighted by Crippen LogP contribution is -2.30. The van der Waals surface area contributed by atoms with Crippen molar-refractivity contribution in [2.45, 2.75) is 26.9 Å². The van der Waals surface area contributed by atoms with Crippen LogP contribution in [-0.4, -0.2) is 42.2 Å². The number of aryl methyl sites for hydroxylation is 1. The molecule has 0 saturated carbocycles. The zero-order chi connectivity index (χ0) is 13.7. The summed E-state index contributed by atoms with van der Waals surface area (Å²) in [5, 5.41) is 9.75. The van der Waals surface area contributed by atoms with Crippen molar-refractivity contribution in [2.24, 2.45) is 0 Å². The van der Waals surface area contributed by atoms with Gasteiger partial charge in [0.05, 0.1) is 18.3 Å². The van der Waals surface area contributed by atoms with E-state index >= 15 is 0 Å². The maximum Gasteiger partial charge on any atom is 0.257 e. The van der Waals surface area contributed by atoms with E-state index in [1.54, 1.807) is 24.1 Å². The summed E-state index contributed by atoms with van der Waals surface area (Å²) in [4.78, 5) is 13.6. The van der Waals surface area contributed by atoms with Gasteiger partial charge in [0.1, 0.15) is 5.75 Å². The molecule has 1 rings (SSSR count). The van der Waals surface area contributed by atoms with E-state index in [9.17, 15) is 9.90 Å². The number of likely N-dealkylation sites (N-methyl/N-ethyl adjacent to an activating group) is 1. The summed E-state index contributed by atoms with van der Waals surface area (Å²) in [5.74, 6) is -0.170. The van der Waals surface area contributed by atoms with Crippen molar-refractivity contribution in [3.05, 3.63) is 29.3 Å². The number of rotatable bonds is 5. The van der Waals surface area contributed by atoms with E-state index in [1.807, 2.05) is 26.8 Å². The minimum Gasteiger partial charge on any atom is -0.507 e. The Morgan fingerprint density at radius 1 is 1.44 bits per heavy atom. The summed E-state index contributed by atoms with van der Waals surface area (Å²) < 4.78 is 5.39. The molecule has 0 aliphatic rings. The first-order chi connectivity index (χ1) is 8.41. The molecular formula is C14H21NO3. The molecule has 1 N–H and O–H groups in total. The lowest BCUT2D eigenvalue weighted by molar-refractivity contribution is 0.0530. The average Bonchev–Trinajstić information content (AvgIpc) is 2.27. The number of amides is 1. The van der Waals surface area contributed by atoms with Crippen LogP contribution in [0.1, 0.15) is 29.8 Å². The predicted octanol–water partition coefficient (Wildman–Crippen LogP) is 2.20. The van der Waals surface area contributed by atoms with Gasteiger partial charge in [0.15, 0.2) is 0 Å². The molecule has 0 atom stereocenters. The average molecular weight is 251 g/mol. The third-order valence-corrected chi connectivity index (χ3v) is 2.61. The summed E-state index contributed by atoms with van der Waals surface area (Å²) in [6.45, 7) is 6.77. The summed E-state index contributed by atoms with van der Waals surface area (Å²) >= 11 is 0. The van der Waals surface area contributed by atoms with Crippen molar-refractivity contribution in [3.8, 4) is 5.75 Å². The number of carbonyl (C=O) groups excluding carboxylic acids is 1. The fraction of sp³-hybridized carbons (Fsp3) is 0.500. The molecule has 0 radical (unpaired) electrons. The van der Waals surface area contributed by atoms with Crippen molar-refractivity contribution < 1.29 is 14.6 Å². The SMILES string of the molecule is Cc1ccc(C(=O)N(C)CCOC(C)C)c(O)c1. The molecule has 18 heavy (non-hydrogen) atoms. The number of nitrogens with zero attached hydrogens (tertiary/aromatic N) is 1. The van der Waals surface area contributed by atoms with Gasteiger partial charge in [-0.1, -0.05) is 6.07 Å². The summed E-state index contributed by atoms with van der Waals surface area (Å²) in [5.41, 5.74) is 1.25. The molecule has 0 bridgehead atoms. The molecule has 0 aliphatic carbocycles. The zero-order valence-corrected chi connectivity index (χ0v) is 11.4. The van der Waals surface area contributed by atoms with Crippen molar-refractivity contribution in [1.29, 1.82) is 0 Å². The third kappa shape index (κ3) is 4.04. The normalized spacial score (nSPS) is 10.7. The number of phenolic OH excluding ortho intramolecular Hbond substituents is 1. The number of hydrogen-bond donors (Lipinski definition) is 1. The Morgan fingerprint density at radius 2 is 2.11 bits per heavy atom. The number of carbonyl (C=O) groups is 1. The van der Waals surface area contributed by atoms with Gasteiger partial charge in [-0.3, -0.25) is 4.79 Å². The Kier molecular flexibility index (Phi) is 5.16. The fourth-order valence-electron chi connectivity index (χ4n) is 1.56. The number of phenols is 1. The highest BCUT2D eigenvalue weighted by molar-refractivity contribution is 5.96. The first-order valence-electron chi connectivity index (χ1n) is 6.08. The monoisotopic (exact) mass is 251 g/mol. The molecule has 1 aromatic rings. The Labute approximate surface area is 108 Å². The highest BCUT2D eigenvalue weighted by atomic mass is 16.5. The van der Waals surface area contributed by atoms with Gasteiger partial charge in [0.25, 0.3) is 5.91 Å². The maximum atomic E-state index is 12.1. The van der Waals surface area contributed by atoms with Crippen LogP contribution in [0.5, 0.6) is 5.75 Å². The molecule has 0 unspecified atom stereocenters. The van der Waals surface area contributed by atoms with E-state index in [2.05, 4.69) is 0 Å². The lowest BCUT2D eigenvalue weighted by atomic mass is 10.1. The highest BCUT2D eigenvalue weighted by Gasteiger charge is 2.15. The van der Waals surface area contributed by atoms with E-state index < -0.39 is 0 Å². The maximum absolute atomic E-state index is 12.1. The van der Waals surface area contributed by atoms with Crippen LogP contribution in [0.25, 0.3) is 0 Å². The molecule has 0 heterocycles. The molecule has 0 aromatic heterocycles. The van der Waals surface area contributed by atoms with Crippen LogP contribution in [0.3, 0.4) is 0 Å². The number of hydrogen-bond acceptors (Lipinski definition) is 3. The molecule has 0 spiro atoms. The van der Waals surface area contributed by atoms with Crippen molar-refractivity contribution in [2.75, 3.05) is 20.2 Å². The van der Waals surface area contributed by atoms with Gasteiger partial charge in [-0.25, -0.2) is 0 Å². The Balaban J connectivity index is 2.63. The van der Waals surface area contributed by atoms with Gasteiger partial charge in [0, 0.05) is 13.6 Å². The first-order valence-corrected chi connectivity index (χ1v) is 6.08. The van der Waals surface area contributed by atoms with Gasteiger partial charge < -0.3 is 14.7 Å². The fourth-order valence-corrected chi connectivity index (χ4v) is 1.56. The van der Waals surface area contributed by atoms with E-state index in [0.29, 0.717) is 18.7 Å². The highest BCUT2D eigenvalue weighted by Crippen LogP contribution is 2.19. The van der Waals surface area contributed by atoms with Crippen LogP contribution >= 0.6 is 0 Å². The van der Waals surface area contributed by atoms with E-state index in [0.717, 1.165) is 5.56 Å². The molecule has 1 amide bonds. The van der Waals surface area contributed by atoms with E-state index in [1.165, 1.54) is 0 Å². The molecule has 0 saturated heterocycles. The quantitative estimate of drug-likeness (QED) is 0.872. The van der Waals surface area contributed by atoms with Gasteiger partial charge >= 0.3 is 0 Å². The Hall–Kier alpha value is -1.55. The number of ether oxygens (including phenoxy) is 1. The molecular weight excluding hydrogens is 230 g/mol. The molecule has 0 aliphatic heterocycles. The van der Waals surface area contributed by atoms with Gasteiger partial charge in [-0.15, -0.1) is 0 Å². The number of aromatic hydroxyl groups is 1. The van der Waals surface area contributed by atoms with Crippen LogP contribution in [0.2, 0.25) is 0 Å². The minimum absolute atomic E-state index is 0.0247. The topological polar surface area (TPSA) is 49.8 Å². The third-order valence-electron chi connectivity index (χ3n) is 2.61.